The van der Waals surface area contributed by atoms with Crippen LogP contribution in [0.15, 0.2) is 11.0 Å². The number of nitrogen functional groups attached to an aromatic ring is 1. The molecule has 0 radical (unpaired) electrons. The smallest absolute Gasteiger partial charge is 0.407 e. The first-order valence-corrected chi connectivity index (χ1v) is 6.74. The molecule has 5 N–H and O–H groups in total. The highest BCUT2D eigenvalue weighted by atomic mass is 16.6. The first kappa shape index (κ1) is 17.5. The number of carbonyl (C=O) groups is 2. The number of hydrogen-bond donors (Lipinski definition) is 4. The van der Waals surface area contributed by atoms with Gasteiger partial charge in [-0.25, -0.2) is 14.6 Å². The van der Waals surface area contributed by atoms with Crippen molar-refractivity contribution in [2.75, 3.05) is 12.3 Å². The average Bonchev–Trinajstić information content (AvgIpc) is 2.35. The van der Waals surface area contributed by atoms with Crippen LogP contribution in [0.3, 0.4) is 0 Å². The Kier molecular flexibility index (Phi) is 5.90. The highest BCUT2D eigenvalue weighted by Crippen LogP contribution is 2.06. The molecule has 0 saturated heterocycles. The summed E-state index contributed by atoms with van der Waals surface area (Å²) in [5.74, 6) is -0.117. The molecule has 0 saturated carbocycles. The van der Waals surface area contributed by atoms with E-state index in [0.717, 1.165) is 0 Å². The molecule has 0 aliphatic rings. The molecule has 2 amide bonds. The van der Waals surface area contributed by atoms with Crippen molar-refractivity contribution in [2.45, 2.75) is 39.3 Å². The number of aromatic amines is 1. The summed E-state index contributed by atoms with van der Waals surface area (Å²) in [4.78, 5) is 39.7. The fraction of sp³-hybridized carbons (Fsp3) is 0.538. The number of nitrogens with one attached hydrogen (secondary N) is 3. The van der Waals surface area contributed by atoms with Gasteiger partial charge in [-0.2, -0.15) is 0 Å². The van der Waals surface area contributed by atoms with E-state index in [9.17, 15) is 14.4 Å². The molecule has 122 valence electrons. The summed E-state index contributed by atoms with van der Waals surface area (Å²) in [7, 11) is 0. The molecule has 0 atom stereocenters. The molecule has 1 heterocycles. The lowest BCUT2D eigenvalue weighted by molar-refractivity contribution is -0.121. The zero-order chi connectivity index (χ0) is 16.8. The quantitative estimate of drug-likeness (QED) is 0.598. The van der Waals surface area contributed by atoms with E-state index in [1.807, 2.05) is 0 Å². The van der Waals surface area contributed by atoms with Gasteiger partial charge in [-0.1, -0.05) is 0 Å². The second kappa shape index (κ2) is 7.43. The van der Waals surface area contributed by atoms with Gasteiger partial charge >= 0.3 is 11.8 Å². The number of ether oxygens (including phenoxy) is 1. The molecule has 1 rings (SSSR count). The Bertz CT molecular complexity index is 591. The molecule has 0 aliphatic heterocycles. The Morgan fingerprint density at radius 3 is 2.64 bits per heavy atom. The van der Waals surface area contributed by atoms with E-state index in [4.69, 9.17) is 10.5 Å². The molecule has 0 aliphatic carbocycles. The third-order valence-corrected chi connectivity index (χ3v) is 2.42. The minimum atomic E-state index is -0.582. The second-order valence-electron chi connectivity index (χ2n) is 5.58. The van der Waals surface area contributed by atoms with Gasteiger partial charge < -0.3 is 21.1 Å². The minimum Gasteiger partial charge on any atom is -0.444 e. The van der Waals surface area contributed by atoms with Crippen LogP contribution in [0.4, 0.5) is 10.6 Å². The predicted molar refractivity (Wildman–Crippen MR) is 80.0 cm³/mol. The number of nitrogens with zero attached hydrogens (tertiary/aromatic N) is 1. The number of amides is 2. The molecule has 0 bridgehead atoms. The maximum Gasteiger partial charge on any atom is 0.407 e. The van der Waals surface area contributed by atoms with Gasteiger partial charge in [0.15, 0.2) is 0 Å². The lowest BCUT2D eigenvalue weighted by Gasteiger charge is -2.19. The molecule has 9 nitrogen and oxygen atoms in total. The highest BCUT2D eigenvalue weighted by Gasteiger charge is 2.15. The van der Waals surface area contributed by atoms with Crippen molar-refractivity contribution in [1.82, 2.24) is 20.6 Å². The molecule has 0 unspecified atom stereocenters. The zero-order valence-electron chi connectivity index (χ0n) is 12.9. The van der Waals surface area contributed by atoms with Crippen LogP contribution in [-0.2, 0) is 16.1 Å². The van der Waals surface area contributed by atoms with Gasteiger partial charge in [-0.3, -0.25) is 9.78 Å². The van der Waals surface area contributed by atoms with E-state index >= 15 is 0 Å². The van der Waals surface area contributed by atoms with Crippen molar-refractivity contribution in [1.29, 1.82) is 0 Å². The van der Waals surface area contributed by atoms with Gasteiger partial charge in [0.1, 0.15) is 11.4 Å². The predicted octanol–water partition coefficient (Wildman–Crippen LogP) is -0.117. The van der Waals surface area contributed by atoms with E-state index in [1.165, 1.54) is 6.20 Å². The van der Waals surface area contributed by atoms with Gasteiger partial charge in [0, 0.05) is 31.3 Å². The monoisotopic (exact) mass is 311 g/mol. The largest absolute Gasteiger partial charge is 0.444 e. The number of carbonyl (C=O) groups excluding carboxylic acids is 2. The van der Waals surface area contributed by atoms with E-state index in [1.54, 1.807) is 20.8 Å². The van der Waals surface area contributed by atoms with Crippen LogP contribution in [0.25, 0.3) is 0 Å². The Morgan fingerprint density at radius 1 is 1.36 bits per heavy atom. The van der Waals surface area contributed by atoms with E-state index in [0.29, 0.717) is 5.56 Å². The normalized spacial score (nSPS) is 10.9. The minimum absolute atomic E-state index is 0.0932. The maximum absolute atomic E-state index is 11.6. The summed E-state index contributed by atoms with van der Waals surface area (Å²) in [5.41, 5.74) is 4.96. The number of nitrogens with two attached hydrogens (primary N) is 1. The summed E-state index contributed by atoms with van der Waals surface area (Å²) >= 11 is 0. The summed E-state index contributed by atoms with van der Waals surface area (Å²) in [5, 5.41) is 5.09. The van der Waals surface area contributed by atoms with Crippen molar-refractivity contribution in [3.8, 4) is 0 Å². The lowest BCUT2D eigenvalue weighted by Crippen LogP contribution is -2.35. The SMILES string of the molecule is CC(C)(C)OC(=O)NCCC(=O)NCc1cnc(=O)[nH]c1N. The number of rotatable bonds is 5. The fourth-order valence-corrected chi connectivity index (χ4v) is 1.45. The number of aromatic nitrogens is 2. The third-order valence-electron chi connectivity index (χ3n) is 2.42. The Hall–Kier alpha value is -2.58. The first-order chi connectivity index (χ1) is 10.2. The van der Waals surface area contributed by atoms with E-state index in [2.05, 4.69) is 20.6 Å². The Balaban J connectivity index is 2.29. The summed E-state index contributed by atoms with van der Waals surface area (Å²) in [6, 6.07) is 0. The van der Waals surface area contributed by atoms with Gasteiger partial charge in [-0.05, 0) is 20.8 Å². The molecule has 22 heavy (non-hydrogen) atoms. The number of alkyl carbamates (subject to hydrolysis) is 1. The van der Waals surface area contributed by atoms with Crippen molar-refractivity contribution >= 4 is 17.8 Å². The van der Waals surface area contributed by atoms with E-state index in [-0.39, 0.29) is 31.2 Å². The van der Waals surface area contributed by atoms with Crippen LogP contribution >= 0.6 is 0 Å². The van der Waals surface area contributed by atoms with Gasteiger partial charge in [0.2, 0.25) is 5.91 Å². The maximum atomic E-state index is 11.6. The van der Waals surface area contributed by atoms with Crippen molar-refractivity contribution in [3.63, 3.8) is 0 Å². The van der Waals surface area contributed by atoms with Crippen LogP contribution in [0.2, 0.25) is 0 Å². The van der Waals surface area contributed by atoms with Gasteiger partial charge in [0.05, 0.1) is 0 Å². The number of anilines is 1. The highest BCUT2D eigenvalue weighted by molar-refractivity contribution is 5.77. The zero-order valence-corrected chi connectivity index (χ0v) is 12.9. The summed E-state index contributed by atoms with van der Waals surface area (Å²) in [6.45, 7) is 5.55. The van der Waals surface area contributed by atoms with Crippen molar-refractivity contribution in [2.24, 2.45) is 0 Å². The Labute approximate surface area is 127 Å². The topological polar surface area (TPSA) is 139 Å². The van der Waals surface area contributed by atoms with Crippen LogP contribution in [-0.4, -0.2) is 34.1 Å². The van der Waals surface area contributed by atoms with Gasteiger partial charge in [0.25, 0.3) is 0 Å². The lowest BCUT2D eigenvalue weighted by atomic mass is 10.2. The van der Waals surface area contributed by atoms with Crippen LogP contribution < -0.4 is 22.1 Å². The second-order valence-corrected chi connectivity index (χ2v) is 5.58. The third kappa shape index (κ3) is 6.73. The van der Waals surface area contributed by atoms with Gasteiger partial charge in [-0.15, -0.1) is 0 Å². The molecule has 0 fully saturated rings. The first-order valence-electron chi connectivity index (χ1n) is 6.74. The standard InChI is InChI=1S/C13H21N5O4/c1-13(2,3)22-12(21)15-5-4-9(19)16-6-8-7-17-11(20)18-10(8)14/h7H,4-6H2,1-3H3,(H,15,21)(H,16,19)(H3,14,17,18,20). The van der Waals surface area contributed by atoms with Crippen molar-refractivity contribution in [3.05, 3.63) is 22.2 Å². The Morgan fingerprint density at radius 2 is 2.05 bits per heavy atom. The van der Waals surface area contributed by atoms with Crippen LogP contribution in [0.1, 0.15) is 32.8 Å². The fourth-order valence-electron chi connectivity index (χ4n) is 1.45. The number of H-pyrrole nitrogens is 1. The number of hydrogen-bond acceptors (Lipinski definition) is 6. The molecule has 9 heteroatoms. The molecular formula is C13H21N5O4. The molecule has 1 aromatic heterocycles. The molecule has 0 spiro atoms. The molecule has 1 aromatic rings. The molecular weight excluding hydrogens is 290 g/mol. The summed E-state index contributed by atoms with van der Waals surface area (Å²) in [6.07, 6.45) is 0.818. The van der Waals surface area contributed by atoms with Crippen LogP contribution in [0, 0.1) is 0 Å². The summed E-state index contributed by atoms with van der Waals surface area (Å²) < 4.78 is 5.04. The van der Waals surface area contributed by atoms with E-state index < -0.39 is 17.4 Å². The van der Waals surface area contributed by atoms with Crippen LogP contribution in [0.5, 0.6) is 0 Å². The van der Waals surface area contributed by atoms with Crippen molar-refractivity contribution < 1.29 is 14.3 Å². The molecule has 0 aromatic carbocycles. The average molecular weight is 311 g/mol.